The van der Waals surface area contributed by atoms with Crippen molar-refractivity contribution in [3.8, 4) is 5.75 Å². The number of nitrogens with zero attached hydrogens (tertiary/aromatic N) is 2. The molecule has 1 aromatic carbocycles. The minimum Gasteiger partial charge on any atom is -0.496 e. The average Bonchev–Trinajstić information content (AvgIpc) is 2.81. The summed E-state index contributed by atoms with van der Waals surface area (Å²) in [5, 5.41) is 10.3. The molecule has 1 atom stereocenters. The van der Waals surface area contributed by atoms with Gasteiger partial charge in [-0.25, -0.2) is 4.98 Å². The van der Waals surface area contributed by atoms with Crippen molar-refractivity contribution < 1.29 is 9.84 Å². The van der Waals surface area contributed by atoms with Gasteiger partial charge in [0.05, 0.1) is 13.2 Å². The van der Waals surface area contributed by atoms with Crippen LogP contribution in [0.15, 0.2) is 35.1 Å². The number of methoxy groups -OCH3 is 1. The summed E-state index contributed by atoms with van der Waals surface area (Å²) in [6.07, 6.45) is 4.45. The number of benzene rings is 1. The Bertz CT molecular complexity index is 554. The Morgan fingerprint density at radius 1 is 1.47 bits per heavy atom. The summed E-state index contributed by atoms with van der Waals surface area (Å²) in [6.45, 7) is 0. The second-order valence-electron chi connectivity index (χ2n) is 4.40. The number of aliphatic hydroxyl groups is 1. The van der Waals surface area contributed by atoms with Crippen LogP contribution in [-0.4, -0.2) is 21.8 Å². The second kappa shape index (κ2) is 6.21. The van der Waals surface area contributed by atoms with Crippen LogP contribution < -0.4 is 4.74 Å². The van der Waals surface area contributed by atoms with E-state index >= 15 is 0 Å². The highest BCUT2D eigenvalue weighted by Crippen LogP contribution is 2.30. The highest BCUT2D eigenvalue weighted by molar-refractivity contribution is 9.10. The van der Waals surface area contributed by atoms with Crippen LogP contribution in [-0.2, 0) is 13.5 Å². The fraction of sp³-hybridized carbons (Fsp3) is 0.357. The van der Waals surface area contributed by atoms with Crippen molar-refractivity contribution in [3.05, 3.63) is 46.5 Å². The van der Waals surface area contributed by atoms with E-state index in [0.717, 1.165) is 22.3 Å². The number of rotatable bonds is 5. The third-order valence-electron chi connectivity index (χ3n) is 3.12. The number of aryl methyl sites for hydroxylation is 2. The van der Waals surface area contributed by atoms with E-state index in [2.05, 4.69) is 20.9 Å². The Balaban J connectivity index is 2.07. The zero-order valence-electron chi connectivity index (χ0n) is 11.0. The topological polar surface area (TPSA) is 47.3 Å². The first-order chi connectivity index (χ1) is 9.11. The van der Waals surface area contributed by atoms with E-state index in [-0.39, 0.29) is 0 Å². The van der Waals surface area contributed by atoms with Gasteiger partial charge in [-0.15, -0.1) is 0 Å². The average molecular weight is 325 g/mol. The molecule has 1 heterocycles. The lowest BCUT2D eigenvalue weighted by molar-refractivity contribution is 0.162. The van der Waals surface area contributed by atoms with Crippen molar-refractivity contribution in [2.75, 3.05) is 7.11 Å². The summed E-state index contributed by atoms with van der Waals surface area (Å²) in [7, 11) is 3.56. The standard InChI is InChI=1S/C14H17BrN2O2/c1-17-8-7-16-14(17)6-5-12(18)11-4-3-10(15)9-13(11)19-2/h3-4,7-9,12,18H,5-6H2,1-2H3. The Labute approximate surface area is 121 Å². The van der Waals surface area contributed by atoms with Crippen LogP contribution >= 0.6 is 15.9 Å². The SMILES string of the molecule is COc1cc(Br)ccc1C(O)CCc1nccn1C. The van der Waals surface area contributed by atoms with E-state index in [1.54, 1.807) is 13.3 Å². The molecule has 0 fully saturated rings. The zero-order chi connectivity index (χ0) is 13.8. The van der Waals surface area contributed by atoms with Crippen molar-refractivity contribution in [2.24, 2.45) is 7.05 Å². The summed E-state index contributed by atoms with van der Waals surface area (Å²) >= 11 is 3.39. The van der Waals surface area contributed by atoms with E-state index in [0.29, 0.717) is 12.2 Å². The maximum Gasteiger partial charge on any atom is 0.125 e. The van der Waals surface area contributed by atoms with Crippen molar-refractivity contribution >= 4 is 15.9 Å². The number of hydrogen-bond acceptors (Lipinski definition) is 3. The smallest absolute Gasteiger partial charge is 0.125 e. The first kappa shape index (κ1) is 14.1. The van der Waals surface area contributed by atoms with E-state index in [4.69, 9.17) is 4.74 Å². The lowest BCUT2D eigenvalue weighted by Crippen LogP contribution is -2.05. The Morgan fingerprint density at radius 3 is 2.89 bits per heavy atom. The molecule has 1 N–H and O–H groups in total. The largest absolute Gasteiger partial charge is 0.496 e. The third kappa shape index (κ3) is 3.36. The molecule has 4 nitrogen and oxygen atoms in total. The van der Waals surface area contributed by atoms with Crippen LogP contribution in [0.4, 0.5) is 0 Å². The van der Waals surface area contributed by atoms with Gasteiger partial charge in [-0.2, -0.15) is 0 Å². The lowest BCUT2D eigenvalue weighted by Gasteiger charge is -2.15. The summed E-state index contributed by atoms with van der Waals surface area (Å²) in [5.41, 5.74) is 0.805. The monoisotopic (exact) mass is 324 g/mol. The number of aromatic nitrogens is 2. The molecule has 102 valence electrons. The van der Waals surface area contributed by atoms with Gasteiger partial charge in [0.2, 0.25) is 0 Å². The van der Waals surface area contributed by atoms with Gasteiger partial charge in [0, 0.05) is 35.9 Å². The lowest BCUT2D eigenvalue weighted by atomic mass is 10.0. The molecule has 1 unspecified atom stereocenters. The molecule has 1 aromatic heterocycles. The molecule has 0 aliphatic carbocycles. The number of aliphatic hydroxyl groups excluding tert-OH is 1. The molecule has 2 rings (SSSR count). The quantitative estimate of drug-likeness (QED) is 0.919. The molecule has 2 aromatic rings. The van der Waals surface area contributed by atoms with E-state index < -0.39 is 6.10 Å². The van der Waals surface area contributed by atoms with Crippen LogP contribution in [0, 0.1) is 0 Å². The maximum absolute atomic E-state index is 10.3. The van der Waals surface area contributed by atoms with Gasteiger partial charge in [0.15, 0.2) is 0 Å². The summed E-state index contributed by atoms with van der Waals surface area (Å²) in [4.78, 5) is 4.25. The molecule has 0 saturated heterocycles. The van der Waals surface area contributed by atoms with Gasteiger partial charge < -0.3 is 14.4 Å². The number of ether oxygens (including phenoxy) is 1. The zero-order valence-corrected chi connectivity index (χ0v) is 12.6. The molecule has 0 spiro atoms. The molecular weight excluding hydrogens is 308 g/mol. The minimum absolute atomic E-state index is 0.556. The van der Waals surface area contributed by atoms with Crippen molar-refractivity contribution in [3.63, 3.8) is 0 Å². The fourth-order valence-electron chi connectivity index (χ4n) is 2.02. The Hall–Kier alpha value is -1.33. The maximum atomic E-state index is 10.3. The number of hydrogen-bond donors (Lipinski definition) is 1. The van der Waals surface area contributed by atoms with Crippen molar-refractivity contribution in [2.45, 2.75) is 18.9 Å². The predicted octanol–water partition coefficient (Wildman–Crippen LogP) is 2.86. The van der Waals surface area contributed by atoms with Gasteiger partial charge in [-0.3, -0.25) is 0 Å². The van der Waals surface area contributed by atoms with Gasteiger partial charge in [0.25, 0.3) is 0 Å². The molecule has 0 amide bonds. The highest BCUT2D eigenvalue weighted by Gasteiger charge is 2.14. The molecule has 0 aliphatic rings. The summed E-state index contributed by atoms with van der Waals surface area (Å²) in [6, 6.07) is 5.65. The minimum atomic E-state index is -0.556. The van der Waals surface area contributed by atoms with Gasteiger partial charge in [-0.1, -0.05) is 22.0 Å². The molecule has 19 heavy (non-hydrogen) atoms. The molecule has 0 radical (unpaired) electrons. The Morgan fingerprint density at radius 2 is 2.26 bits per heavy atom. The molecule has 5 heteroatoms. The molecule has 0 bridgehead atoms. The molecular formula is C14H17BrN2O2. The highest BCUT2D eigenvalue weighted by atomic mass is 79.9. The fourth-order valence-corrected chi connectivity index (χ4v) is 2.36. The summed E-state index contributed by atoms with van der Waals surface area (Å²) < 4.78 is 8.20. The number of imidazole rings is 1. The van der Waals surface area contributed by atoms with Gasteiger partial charge in [-0.05, 0) is 18.6 Å². The molecule has 0 saturated carbocycles. The van der Waals surface area contributed by atoms with E-state index in [9.17, 15) is 5.11 Å². The first-order valence-electron chi connectivity index (χ1n) is 6.09. The molecule has 0 aliphatic heterocycles. The van der Waals surface area contributed by atoms with Crippen molar-refractivity contribution in [1.82, 2.24) is 9.55 Å². The van der Waals surface area contributed by atoms with Crippen LogP contribution in [0.3, 0.4) is 0 Å². The van der Waals surface area contributed by atoms with Gasteiger partial charge >= 0.3 is 0 Å². The third-order valence-corrected chi connectivity index (χ3v) is 3.61. The normalized spacial score (nSPS) is 12.4. The number of halogens is 1. The van der Waals surface area contributed by atoms with E-state index in [1.165, 1.54) is 0 Å². The first-order valence-corrected chi connectivity index (χ1v) is 6.89. The predicted molar refractivity (Wildman–Crippen MR) is 77.2 cm³/mol. The van der Waals surface area contributed by atoms with Crippen LogP contribution in [0.2, 0.25) is 0 Å². The Kier molecular flexibility index (Phi) is 4.61. The van der Waals surface area contributed by atoms with Crippen LogP contribution in [0.5, 0.6) is 5.75 Å². The van der Waals surface area contributed by atoms with Gasteiger partial charge in [0.1, 0.15) is 11.6 Å². The summed E-state index contributed by atoms with van der Waals surface area (Å²) in [5.74, 6) is 1.66. The van der Waals surface area contributed by atoms with Crippen LogP contribution in [0.1, 0.15) is 23.9 Å². The van der Waals surface area contributed by atoms with Crippen molar-refractivity contribution in [1.29, 1.82) is 0 Å². The second-order valence-corrected chi connectivity index (χ2v) is 5.31. The van der Waals surface area contributed by atoms with Crippen LogP contribution in [0.25, 0.3) is 0 Å². The van der Waals surface area contributed by atoms with E-state index in [1.807, 2.05) is 36.0 Å².